The summed E-state index contributed by atoms with van der Waals surface area (Å²) in [7, 11) is 1.95. The molecule has 1 atom stereocenters. The van der Waals surface area contributed by atoms with E-state index < -0.39 is 0 Å². The summed E-state index contributed by atoms with van der Waals surface area (Å²) in [6.07, 6.45) is 0.896. The molecule has 0 aliphatic carbocycles. The van der Waals surface area contributed by atoms with E-state index in [1.165, 1.54) is 0 Å². The van der Waals surface area contributed by atoms with Gasteiger partial charge in [-0.25, -0.2) is 0 Å². The molecular weight excluding hydrogens is 243 g/mol. The molecule has 2 N–H and O–H groups in total. The molecule has 0 aliphatic heterocycles. The normalized spacial score (nSPS) is 12.8. The molecule has 1 aromatic carbocycles. The van der Waals surface area contributed by atoms with Crippen LogP contribution in [-0.2, 0) is 6.42 Å². The fraction of sp³-hybridized carbons (Fsp3) is 0.500. The van der Waals surface area contributed by atoms with E-state index in [1.807, 2.05) is 25.2 Å². The Balaban J connectivity index is 2.39. The van der Waals surface area contributed by atoms with E-state index >= 15 is 0 Å². The van der Waals surface area contributed by atoms with Crippen LogP contribution in [-0.4, -0.2) is 26.2 Å². The van der Waals surface area contributed by atoms with Gasteiger partial charge in [-0.15, -0.1) is 0 Å². The van der Waals surface area contributed by atoms with Crippen LogP contribution >= 0.6 is 23.2 Å². The van der Waals surface area contributed by atoms with Gasteiger partial charge in [0.25, 0.3) is 0 Å². The van der Waals surface area contributed by atoms with Gasteiger partial charge in [0.1, 0.15) is 0 Å². The van der Waals surface area contributed by atoms with Crippen LogP contribution in [0.15, 0.2) is 18.2 Å². The summed E-state index contributed by atoms with van der Waals surface area (Å²) >= 11 is 12.0. The van der Waals surface area contributed by atoms with Gasteiger partial charge in [-0.05, 0) is 50.7 Å². The molecule has 2 nitrogen and oxygen atoms in total. The van der Waals surface area contributed by atoms with Crippen LogP contribution in [0.1, 0.15) is 12.5 Å². The Kier molecular flexibility index (Phi) is 6.14. The Morgan fingerprint density at radius 2 is 2.06 bits per heavy atom. The van der Waals surface area contributed by atoms with E-state index in [9.17, 15) is 0 Å². The molecule has 0 aliphatic rings. The molecule has 4 heteroatoms. The Morgan fingerprint density at radius 1 is 1.31 bits per heavy atom. The molecule has 0 bridgehead atoms. The lowest BCUT2D eigenvalue weighted by atomic mass is 10.1. The fourth-order valence-corrected chi connectivity index (χ4v) is 1.97. The maximum atomic E-state index is 6.07. The van der Waals surface area contributed by atoms with E-state index in [2.05, 4.69) is 17.6 Å². The van der Waals surface area contributed by atoms with Gasteiger partial charge < -0.3 is 10.6 Å². The smallest absolute Gasteiger partial charge is 0.0439 e. The second-order valence-electron chi connectivity index (χ2n) is 3.90. The Labute approximate surface area is 107 Å². The van der Waals surface area contributed by atoms with Crippen molar-refractivity contribution in [3.63, 3.8) is 0 Å². The van der Waals surface area contributed by atoms with Crippen molar-refractivity contribution in [3.8, 4) is 0 Å². The van der Waals surface area contributed by atoms with Gasteiger partial charge in [-0.2, -0.15) is 0 Å². The first kappa shape index (κ1) is 13.8. The average molecular weight is 261 g/mol. The summed E-state index contributed by atoms with van der Waals surface area (Å²) in [6, 6.07) is 6.04. The number of nitrogens with one attached hydrogen (secondary N) is 2. The molecular formula is C12H18Cl2N2. The third-order valence-corrected chi connectivity index (χ3v) is 3.01. The Morgan fingerprint density at radius 3 is 2.75 bits per heavy atom. The van der Waals surface area contributed by atoms with Gasteiger partial charge in [0, 0.05) is 22.6 Å². The van der Waals surface area contributed by atoms with Gasteiger partial charge >= 0.3 is 0 Å². The number of benzene rings is 1. The first-order valence-electron chi connectivity index (χ1n) is 5.45. The monoisotopic (exact) mass is 260 g/mol. The Bertz CT molecular complexity index is 329. The predicted molar refractivity (Wildman–Crippen MR) is 71.6 cm³/mol. The number of hydrogen-bond donors (Lipinski definition) is 2. The maximum absolute atomic E-state index is 6.07. The van der Waals surface area contributed by atoms with E-state index in [4.69, 9.17) is 23.2 Å². The molecule has 0 heterocycles. The summed E-state index contributed by atoms with van der Waals surface area (Å²) in [6.45, 7) is 4.02. The zero-order valence-corrected chi connectivity index (χ0v) is 11.2. The van der Waals surface area contributed by atoms with Crippen molar-refractivity contribution < 1.29 is 0 Å². The van der Waals surface area contributed by atoms with E-state index in [0.717, 1.165) is 35.1 Å². The molecule has 0 fully saturated rings. The van der Waals surface area contributed by atoms with Crippen molar-refractivity contribution in [1.82, 2.24) is 10.6 Å². The highest BCUT2D eigenvalue weighted by molar-refractivity contribution is 6.33. The van der Waals surface area contributed by atoms with Crippen LogP contribution in [0.3, 0.4) is 0 Å². The lowest BCUT2D eigenvalue weighted by Gasteiger charge is -2.13. The molecule has 0 spiro atoms. The molecule has 1 rings (SSSR count). The zero-order valence-electron chi connectivity index (χ0n) is 9.69. The summed E-state index contributed by atoms with van der Waals surface area (Å²) in [5.74, 6) is 0. The van der Waals surface area contributed by atoms with Gasteiger partial charge in [0.2, 0.25) is 0 Å². The molecule has 0 aromatic heterocycles. The van der Waals surface area contributed by atoms with Crippen molar-refractivity contribution in [2.75, 3.05) is 20.1 Å². The fourth-order valence-electron chi connectivity index (χ4n) is 1.57. The summed E-state index contributed by atoms with van der Waals surface area (Å²) < 4.78 is 0. The van der Waals surface area contributed by atoms with Crippen LogP contribution in [0.25, 0.3) is 0 Å². The number of hydrogen-bond acceptors (Lipinski definition) is 2. The highest BCUT2D eigenvalue weighted by Gasteiger charge is 2.03. The van der Waals surface area contributed by atoms with Crippen LogP contribution < -0.4 is 10.6 Å². The third kappa shape index (κ3) is 4.71. The summed E-state index contributed by atoms with van der Waals surface area (Å²) in [5, 5.41) is 8.06. The highest BCUT2D eigenvalue weighted by Crippen LogP contribution is 2.20. The Hall–Kier alpha value is -0.280. The average Bonchev–Trinajstić information content (AvgIpc) is 2.23. The van der Waals surface area contributed by atoms with E-state index in [0.29, 0.717) is 6.04 Å². The van der Waals surface area contributed by atoms with Crippen LogP contribution in [0, 0.1) is 0 Å². The predicted octanol–water partition coefficient (Wildman–Crippen LogP) is 2.73. The molecule has 16 heavy (non-hydrogen) atoms. The lowest BCUT2D eigenvalue weighted by Crippen LogP contribution is -2.35. The second kappa shape index (κ2) is 7.13. The van der Waals surface area contributed by atoms with Crippen LogP contribution in [0.2, 0.25) is 10.0 Å². The number of likely N-dealkylation sites (N-methyl/N-ethyl adjacent to an activating group) is 1. The van der Waals surface area contributed by atoms with Gasteiger partial charge in [0.05, 0.1) is 0 Å². The standard InChI is InChI=1S/C12H18Cl2N2/c1-9(8-15-2)16-6-5-10-7-11(13)3-4-12(10)14/h3-4,7,9,15-16H,5-6,8H2,1-2H3. The minimum atomic E-state index is 0.461. The molecule has 0 amide bonds. The van der Waals surface area contributed by atoms with Gasteiger partial charge in [0.15, 0.2) is 0 Å². The van der Waals surface area contributed by atoms with Crippen molar-refractivity contribution in [1.29, 1.82) is 0 Å². The number of halogens is 2. The first-order valence-corrected chi connectivity index (χ1v) is 6.21. The molecule has 0 saturated carbocycles. The van der Waals surface area contributed by atoms with Crippen LogP contribution in [0.5, 0.6) is 0 Å². The number of rotatable bonds is 6. The summed E-state index contributed by atoms with van der Waals surface area (Å²) in [4.78, 5) is 0. The minimum absolute atomic E-state index is 0.461. The molecule has 1 unspecified atom stereocenters. The molecule has 90 valence electrons. The second-order valence-corrected chi connectivity index (χ2v) is 4.74. The van der Waals surface area contributed by atoms with Crippen molar-refractivity contribution in [3.05, 3.63) is 33.8 Å². The zero-order chi connectivity index (χ0) is 12.0. The molecule has 0 saturated heterocycles. The first-order chi connectivity index (χ1) is 7.63. The SMILES string of the molecule is CNCC(C)NCCc1cc(Cl)ccc1Cl. The van der Waals surface area contributed by atoms with Gasteiger partial charge in [-0.1, -0.05) is 23.2 Å². The van der Waals surface area contributed by atoms with E-state index in [-0.39, 0.29) is 0 Å². The topological polar surface area (TPSA) is 24.1 Å². The molecule has 0 radical (unpaired) electrons. The lowest BCUT2D eigenvalue weighted by molar-refractivity contribution is 0.526. The molecule has 1 aromatic rings. The third-order valence-electron chi connectivity index (χ3n) is 2.41. The minimum Gasteiger partial charge on any atom is -0.318 e. The van der Waals surface area contributed by atoms with Crippen molar-refractivity contribution in [2.45, 2.75) is 19.4 Å². The maximum Gasteiger partial charge on any atom is 0.0439 e. The van der Waals surface area contributed by atoms with E-state index in [1.54, 1.807) is 0 Å². The van der Waals surface area contributed by atoms with Crippen LogP contribution in [0.4, 0.5) is 0 Å². The van der Waals surface area contributed by atoms with Gasteiger partial charge in [-0.3, -0.25) is 0 Å². The van der Waals surface area contributed by atoms with Crippen molar-refractivity contribution in [2.24, 2.45) is 0 Å². The quantitative estimate of drug-likeness (QED) is 0.822. The van der Waals surface area contributed by atoms with Crippen molar-refractivity contribution >= 4 is 23.2 Å². The highest BCUT2D eigenvalue weighted by atomic mass is 35.5. The summed E-state index contributed by atoms with van der Waals surface area (Å²) in [5.41, 5.74) is 1.10. The largest absolute Gasteiger partial charge is 0.318 e.